The highest BCUT2D eigenvalue weighted by atomic mass is 32.2. The molecule has 14 heavy (non-hydrogen) atoms. The molecule has 1 rings (SSSR count). The number of rotatable bonds is 6. The van der Waals surface area contributed by atoms with Crippen LogP contribution in [0.3, 0.4) is 0 Å². The van der Waals surface area contributed by atoms with Crippen molar-refractivity contribution in [3.05, 3.63) is 42.7 Å². The van der Waals surface area contributed by atoms with Gasteiger partial charge in [-0.05, 0) is 24.3 Å². The van der Waals surface area contributed by atoms with Crippen molar-refractivity contribution < 1.29 is 4.74 Å². The summed E-state index contributed by atoms with van der Waals surface area (Å²) in [7, 11) is 1.67. The van der Waals surface area contributed by atoms with E-state index in [1.54, 1.807) is 7.11 Å². The van der Waals surface area contributed by atoms with Gasteiger partial charge in [-0.15, -0.1) is 11.8 Å². The van der Waals surface area contributed by atoms with Crippen LogP contribution in [-0.4, -0.2) is 12.9 Å². The van der Waals surface area contributed by atoms with Crippen molar-refractivity contribution in [1.29, 1.82) is 0 Å². The molecule has 0 fully saturated rings. The van der Waals surface area contributed by atoms with Crippen LogP contribution in [0, 0.1) is 0 Å². The lowest BCUT2D eigenvalue weighted by atomic mass is 10.3. The number of hydrogen-bond donors (Lipinski definition) is 0. The van der Waals surface area contributed by atoms with Gasteiger partial charge in [0.15, 0.2) is 0 Å². The molecular weight excluding hydrogens is 192 g/mol. The van der Waals surface area contributed by atoms with Crippen molar-refractivity contribution in [2.75, 3.05) is 12.9 Å². The van der Waals surface area contributed by atoms with E-state index >= 15 is 0 Å². The minimum atomic E-state index is 0.874. The Kier molecular flexibility index (Phi) is 5.23. The van der Waals surface area contributed by atoms with Crippen molar-refractivity contribution in [3.8, 4) is 0 Å². The lowest BCUT2D eigenvalue weighted by Crippen LogP contribution is -1.86. The van der Waals surface area contributed by atoms with E-state index in [0.717, 1.165) is 24.4 Å². The molecule has 0 radical (unpaired) electrons. The van der Waals surface area contributed by atoms with Crippen LogP contribution in [-0.2, 0) is 4.74 Å². The maximum Gasteiger partial charge on any atom is 0.0884 e. The number of thioether (sulfide) groups is 1. The van der Waals surface area contributed by atoms with Gasteiger partial charge in [0.25, 0.3) is 0 Å². The summed E-state index contributed by atoms with van der Waals surface area (Å²) in [6.45, 7) is 3.79. The van der Waals surface area contributed by atoms with Gasteiger partial charge >= 0.3 is 0 Å². The molecule has 0 spiro atoms. The maximum absolute atomic E-state index is 5.00. The highest BCUT2D eigenvalue weighted by Gasteiger charge is 1.95. The van der Waals surface area contributed by atoms with Crippen molar-refractivity contribution >= 4 is 11.8 Å². The second kappa shape index (κ2) is 6.55. The van der Waals surface area contributed by atoms with Gasteiger partial charge in [0.2, 0.25) is 0 Å². The van der Waals surface area contributed by atoms with E-state index in [0.29, 0.717) is 0 Å². The molecule has 1 nitrogen and oxygen atoms in total. The van der Waals surface area contributed by atoms with Gasteiger partial charge in [-0.2, -0.15) is 0 Å². The first kappa shape index (κ1) is 11.2. The molecule has 0 bridgehead atoms. The molecule has 2 heteroatoms. The Morgan fingerprint density at radius 3 is 2.71 bits per heavy atom. The van der Waals surface area contributed by atoms with Gasteiger partial charge in [-0.3, -0.25) is 0 Å². The van der Waals surface area contributed by atoms with Crippen LogP contribution >= 0.6 is 11.8 Å². The molecule has 0 unspecified atom stereocenters. The largest absolute Gasteiger partial charge is 0.502 e. The van der Waals surface area contributed by atoms with Gasteiger partial charge in [0, 0.05) is 11.3 Å². The summed E-state index contributed by atoms with van der Waals surface area (Å²) in [6.07, 6.45) is 2.07. The van der Waals surface area contributed by atoms with E-state index in [9.17, 15) is 0 Å². The summed E-state index contributed by atoms with van der Waals surface area (Å²) in [4.78, 5) is 1.33. The Labute approximate surface area is 90.2 Å². The maximum atomic E-state index is 5.00. The molecular formula is C12H16OS. The predicted molar refractivity (Wildman–Crippen MR) is 62.5 cm³/mol. The molecule has 0 amide bonds. The minimum Gasteiger partial charge on any atom is -0.502 e. The van der Waals surface area contributed by atoms with Crippen LogP contribution < -0.4 is 0 Å². The monoisotopic (exact) mass is 208 g/mol. The van der Waals surface area contributed by atoms with Gasteiger partial charge in [-0.25, -0.2) is 0 Å². The van der Waals surface area contributed by atoms with E-state index < -0.39 is 0 Å². The number of hydrogen-bond acceptors (Lipinski definition) is 2. The Morgan fingerprint density at radius 2 is 2.07 bits per heavy atom. The SMILES string of the molecule is C=C(CCCSc1ccccc1)OC. The minimum absolute atomic E-state index is 0.874. The Balaban J connectivity index is 2.13. The van der Waals surface area contributed by atoms with E-state index in [2.05, 4.69) is 30.8 Å². The van der Waals surface area contributed by atoms with Crippen LogP contribution in [0.25, 0.3) is 0 Å². The van der Waals surface area contributed by atoms with Crippen LogP contribution in [0.15, 0.2) is 47.6 Å². The Morgan fingerprint density at radius 1 is 1.36 bits per heavy atom. The molecule has 0 saturated heterocycles. The van der Waals surface area contributed by atoms with Crippen molar-refractivity contribution in [1.82, 2.24) is 0 Å². The molecule has 76 valence electrons. The molecule has 0 aliphatic carbocycles. The lowest BCUT2D eigenvalue weighted by molar-refractivity contribution is 0.278. The predicted octanol–water partition coefficient (Wildman–Crippen LogP) is 3.72. The highest BCUT2D eigenvalue weighted by Crippen LogP contribution is 2.19. The molecule has 1 aromatic rings. The van der Waals surface area contributed by atoms with Crippen LogP contribution in [0.2, 0.25) is 0 Å². The summed E-state index contributed by atoms with van der Waals surface area (Å²) in [5.74, 6) is 1.99. The topological polar surface area (TPSA) is 9.23 Å². The fourth-order valence-electron chi connectivity index (χ4n) is 1.08. The first-order chi connectivity index (χ1) is 6.83. The van der Waals surface area contributed by atoms with E-state index in [-0.39, 0.29) is 0 Å². The molecule has 1 aromatic carbocycles. The summed E-state index contributed by atoms with van der Waals surface area (Å²) in [6, 6.07) is 10.4. The second-order valence-corrected chi connectivity index (χ2v) is 4.18. The molecule has 0 aliphatic rings. The molecule has 0 N–H and O–H groups in total. The zero-order chi connectivity index (χ0) is 10.2. The van der Waals surface area contributed by atoms with Gasteiger partial charge in [0.1, 0.15) is 0 Å². The summed E-state index contributed by atoms with van der Waals surface area (Å²) >= 11 is 1.88. The van der Waals surface area contributed by atoms with Crippen LogP contribution in [0.1, 0.15) is 12.8 Å². The number of ether oxygens (including phenoxy) is 1. The number of benzene rings is 1. The highest BCUT2D eigenvalue weighted by molar-refractivity contribution is 7.99. The van der Waals surface area contributed by atoms with Crippen molar-refractivity contribution in [2.45, 2.75) is 17.7 Å². The van der Waals surface area contributed by atoms with Gasteiger partial charge in [-0.1, -0.05) is 24.8 Å². The van der Waals surface area contributed by atoms with E-state index in [4.69, 9.17) is 4.74 Å². The third-order valence-corrected chi connectivity index (χ3v) is 3.00. The average molecular weight is 208 g/mol. The van der Waals surface area contributed by atoms with E-state index in [1.165, 1.54) is 4.90 Å². The van der Waals surface area contributed by atoms with Gasteiger partial charge < -0.3 is 4.74 Å². The Hall–Kier alpha value is -0.890. The average Bonchev–Trinajstić information content (AvgIpc) is 2.25. The summed E-state index contributed by atoms with van der Waals surface area (Å²) in [5.41, 5.74) is 0. The fraction of sp³-hybridized carbons (Fsp3) is 0.333. The third-order valence-electron chi connectivity index (χ3n) is 1.90. The first-order valence-electron chi connectivity index (χ1n) is 4.72. The van der Waals surface area contributed by atoms with Crippen LogP contribution in [0.4, 0.5) is 0 Å². The zero-order valence-electron chi connectivity index (χ0n) is 8.53. The second-order valence-electron chi connectivity index (χ2n) is 3.01. The van der Waals surface area contributed by atoms with E-state index in [1.807, 2.05) is 17.8 Å². The fourth-order valence-corrected chi connectivity index (χ4v) is 1.95. The summed E-state index contributed by atoms with van der Waals surface area (Å²) in [5, 5.41) is 0. The molecule has 0 aliphatic heterocycles. The van der Waals surface area contributed by atoms with Crippen molar-refractivity contribution in [2.24, 2.45) is 0 Å². The molecule has 0 aromatic heterocycles. The number of allylic oxidation sites excluding steroid dienone is 1. The van der Waals surface area contributed by atoms with Gasteiger partial charge in [0.05, 0.1) is 12.9 Å². The van der Waals surface area contributed by atoms with Crippen LogP contribution in [0.5, 0.6) is 0 Å². The molecule has 0 saturated carbocycles. The quantitative estimate of drug-likeness (QED) is 0.400. The lowest BCUT2D eigenvalue weighted by Gasteiger charge is -2.03. The first-order valence-corrected chi connectivity index (χ1v) is 5.71. The molecule has 0 heterocycles. The smallest absolute Gasteiger partial charge is 0.0884 e. The standard InChI is InChI=1S/C12H16OS/c1-11(13-2)7-6-10-14-12-8-4-3-5-9-12/h3-5,8-9H,1,6-7,10H2,2H3. The number of methoxy groups -OCH3 is 1. The molecule has 0 atom stereocenters. The third kappa shape index (κ3) is 4.38. The summed E-state index contributed by atoms with van der Waals surface area (Å²) < 4.78 is 5.00. The Bertz CT molecular complexity index is 269. The van der Waals surface area contributed by atoms with Crippen molar-refractivity contribution in [3.63, 3.8) is 0 Å². The normalized spacial score (nSPS) is 9.79. The zero-order valence-corrected chi connectivity index (χ0v) is 9.35.